The molecule has 1 amide bonds. The third-order valence-corrected chi connectivity index (χ3v) is 3.41. The van der Waals surface area contributed by atoms with Crippen molar-refractivity contribution >= 4 is 29.1 Å². The molecule has 1 aromatic carbocycles. The van der Waals surface area contributed by atoms with Gasteiger partial charge in [0, 0.05) is 36.7 Å². The van der Waals surface area contributed by atoms with Crippen LogP contribution in [-0.4, -0.2) is 34.4 Å². The highest BCUT2D eigenvalue weighted by atomic mass is 35.5. The lowest BCUT2D eigenvalue weighted by molar-refractivity contribution is 0.0792. The normalized spacial score (nSPS) is 10.3. The number of carbonyl (C=O) groups is 1. The predicted octanol–water partition coefficient (Wildman–Crippen LogP) is 3.75. The molecule has 1 N–H and O–H groups in total. The Bertz CT molecular complexity index is 630. The van der Waals surface area contributed by atoms with E-state index in [2.05, 4.69) is 22.2 Å². The summed E-state index contributed by atoms with van der Waals surface area (Å²) in [6.07, 6.45) is 5.10. The monoisotopic (exact) mass is 318 g/mol. The van der Waals surface area contributed by atoms with Gasteiger partial charge >= 0.3 is 0 Å². The van der Waals surface area contributed by atoms with E-state index in [-0.39, 0.29) is 5.91 Å². The van der Waals surface area contributed by atoms with Gasteiger partial charge in [0.1, 0.15) is 0 Å². The van der Waals surface area contributed by atoms with Crippen LogP contribution in [0, 0.1) is 0 Å². The molecule has 2 aromatic rings. The van der Waals surface area contributed by atoms with Crippen molar-refractivity contribution in [1.82, 2.24) is 14.9 Å². The molecule has 6 heteroatoms. The molecule has 0 fully saturated rings. The minimum atomic E-state index is -0.0669. The highest BCUT2D eigenvalue weighted by molar-refractivity contribution is 6.30. The van der Waals surface area contributed by atoms with Crippen molar-refractivity contribution in [3.05, 3.63) is 47.2 Å². The zero-order valence-electron chi connectivity index (χ0n) is 12.7. The van der Waals surface area contributed by atoms with E-state index in [0.717, 1.165) is 25.1 Å². The molecule has 0 saturated carbocycles. The van der Waals surface area contributed by atoms with Gasteiger partial charge in [0.25, 0.3) is 5.91 Å². The number of rotatable bonds is 6. The van der Waals surface area contributed by atoms with Gasteiger partial charge < -0.3 is 10.2 Å². The van der Waals surface area contributed by atoms with Crippen molar-refractivity contribution in [1.29, 1.82) is 0 Å². The first kappa shape index (κ1) is 16.2. The van der Waals surface area contributed by atoms with Gasteiger partial charge in [-0.15, -0.1) is 0 Å². The summed E-state index contributed by atoms with van der Waals surface area (Å²) in [4.78, 5) is 22.2. The summed E-state index contributed by atoms with van der Waals surface area (Å²) in [6.45, 7) is 2.83. The number of amides is 1. The summed E-state index contributed by atoms with van der Waals surface area (Å²) in [5.41, 5.74) is 1.28. The Hall–Kier alpha value is -2.14. The molecular weight excluding hydrogens is 300 g/mol. The van der Waals surface area contributed by atoms with E-state index < -0.39 is 0 Å². The van der Waals surface area contributed by atoms with Crippen LogP contribution in [0.4, 0.5) is 11.6 Å². The smallest absolute Gasteiger partial charge is 0.256 e. The minimum absolute atomic E-state index is 0.0669. The number of anilines is 2. The molecule has 0 aliphatic carbocycles. The van der Waals surface area contributed by atoms with E-state index in [9.17, 15) is 4.79 Å². The van der Waals surface area contributed by atoms with Crippen molar-refractivity contribution in [2.24, 2.45) is 0 Å². The van der Waals surface area contributed by atoms with Gasteiger partial charge in [-0.25, -0.2) is 9.97 Å². The minimum Gasteiger partial charge on any atom is -0.342 e. The van der Waals surface area contributed by atoms with E-state index in [1.807, 2.05) is 12.1 Å². The first-order valence-corrected chi connectivity index (χ1v) is 7.58. The van der Waals surface area contributed by atoms with Crippen LogP contribution in [0.25, 0.3) is 0 Å². The van der Waals surface area contributed by atoms with E-state index in [1.165, 1.54) is 12.4 Å². The van der Waals surface area contributed by atoms with Gasteiger partial charge in [0.15, 0.2) is 0 Å². The van der Waals surface area contributed by atoms with Crippen molar-refractivity contribution in [3.8, 4) is 0 Å². The zero-order chi connectivity index (χ0) is 15.9. The number of carbonyl (C=O) groups excluding carboxylic acids is 1. The Morgan fingerprint density at radius 1 is 1.32 bits per heavy atom. The van der Waals surface area contributed by atoms with Crippen LogP contribution in [0.5, 0.6) is 0 Å². The molecule has 116 valence electrons. The van der Waals surface area contributed by atoms with Crippen molar-refractivity contribution in [2.75, 3.05) is 18.9 Å². The topological polar surface area (TPSA) is 58.1 Å². The predicted molar refractivity (Wildman–Crippen MR) is 88.6 cm³/mol. The number of benzene rings is 1. The molecule has 2 rings (SSSR count). The van der Waals surface area contributed by atoms with Crippen LogP contribution in [0.2, 0.25) is 5.02 Å². The summed E-state index contributed by atoms with van der Waals surface area (Å²) in [7, 11) is 1.79. The highest BCUT2D eigenvalue weighted by Gasteiger charge is 2.12. The van der Waals surface area contributed by atoms with Gasteiger partial charge in [0.2, 0.25) is 5.95 Å². The van der Waals surface area contributed by atoms with Gasteiger partial charge in [-0.05, 0) is 24.6 Å². The molecule has 1 heterocycles. The lowest BCUT2D eigenvalue weighted by Crippen LogP contribution is -2.27. The van der Waals surface area contributed by atoms with Gasteiger partial charge in [-0.2, -0.15) is 0 Å². The van der Waals surface area contributed by atoms with Crippen LogP contribution in [-0.2, 0) is 0 Å². The first-order chi connectivity index (χ1) is 10.6. The molecule has 0 aliphatic heterocycles. The third-order valence-electron chi connectivity index (χ3n) is 3.17. The van der Waals surface area contributed by atoms with Crippen molar-refractivity contribution in [3.63, 3.8) is 0 Å². The summed E-state index contributed by atoms with van der Waals surface area (Å²) < 4.78 is 0. The average molecular weight is 319 g/mol. The molecule has 1 aromatic heterocycles. The molecule has 0 bridgehead atoms. The molecular formula is C16H19ClN4O. The Morgan fingerprint density at radius 2 is 2.05 bits per heavy atom. The zero-order valence-corrected chi connectivity index (χ0v) is 13.5. The Morgan fingerprint density at radius 3 is 2.68 bits per heavy atom. The Labute approximate surface area is 135 Å². The van der Waals surface area contributed by atoms with Crippen LogP contribution in [0.15, 0.2) is 36.7 Å². The lowest BCUT2D eigenvalue weighted by Gasteiger charge is -2.16. The highest BCUT2D eigenvalue weighted by Crippen LogP contribution is 2.17. The number of nitrogens with one attached hydrogen (secondary N) is 1. The van der Waals surface area contributed by atoms with Crippen molar-refractivity contribution in [2.45, 2.75) is 19.8 Å². The molecule has 0 spiro atoms. The van der Waals surface area contributed by atoms with Crippen molar-refractivity contribution < 1.29 is 4.79 Å². The first-order valence-electron chi connectivity index (χ1n) is 7.20. The van der Waals surface area contributed by atoms with E-state index in [0.29, 0.717) is 16.5 Å². The number of halogens is 1. The number of nitrogens with zero attached hydrogens (tertiary/aromatic N) is 3. The Kier molecular flexibility index (Phi) is 5.72. The van der Waals surface area contributed by atoms with Gasteiger partial charge in [-0.1, -0.05) is 31.0 Å². The van der Waals surface area contributed by atoms with Crippen LogP contribution in [0.1, 0.15) is 30.1 Å². The summed E-state index contributed by atoms with van der Waals surface area (Å²) in [5.74, 6) is 0.359. The SMILES string of the molecule is CCCCN(C)C(=O)c1cnc(Nc2cccc(Cl)c2)nc1. The molecule has 0 atom stereocenters. The van der Waals surface area contributed by atoms with E-state index >= 15 is 0 Å². The Balaban J connectivity index is 2.02. The van der Waals surface area contributed by atoms with Gasteiger partial charge in [-0.3, -0.25) is 4.79 Å². The molecule has 5 nitrogen and oxygen atoms in total. The standard InChI is InChI=1S/C16H19ClN4O/c1-3-4-8-21(2)15(22)12-10-18-16(19-11-12)20-14-7-5-6-13(17)9-14/h5-7,9-11H,3-4,8H2,1-2H3,(H,18,19,20). The molecule has 0 saturated heterocycles. The maximum absolute atomic E-state index is 12.2. The third kappa shape index (κ3) is 4.43. The second-order valence-corrected chi connectivity index (χ2v) is 5.45. The second kappa shape index (κ2) is 7.75. The van der Waals surface area contributed by atoms with Gasteiger partial charge in [0.05, 0.1) is 5.56 Å². The van der Waals surface area contributed by atoms with E-state index in [4.69, 9.17) is 11.6 Å². The summed E-state index contributed by atoms with van der Waals surface area (Å²) in [6, 6.07) is 7.28. The number of unbranched alkanes of at least 4 members (excludes halogenated alkanes) is 1. The fraction of sp³-hybridized carbons (Fsp3) is 0.312. The molecule has 0 aliphatic rings. The number of aromatic nitrogens is 2. The number of hydrogen-bond acceptors (Lipinski definition) is 4. The summed E-state index contributed by atoms with van der Waals surface area (Å²) in [5, 5.41) is 3.68. The average Bonchev–Trinajstić information content (AvgIpc) is 2.52. The van der Waals surface area contributed by atoms with Crippen LogP contribution >= 0.6 is 11.6 Å². The van der Waals surface area contributed by atoms with Crippen LogP contribution < -0.4 is 5.32 Å². The quantitative estimate of drug-likeness (QED) is 0.881. The molecule has 0 unspecified atom stereocenters. The second-order valence-electron chi connectivity index (χ2n) is 5.01. The molecule has 22 heavy (non-hydrogen) atoms. The lowest BCUT2D eigenvalue weighted by atomic mass is 10.2. The van der Waals surface area contributed by atoms with E-state index in [1.54, 1.807) is 24.1 Å². The fourth-order valence-corrected chi connectivity index (χ4v) is 2.11. The molecule has 0 radical (unpaired) electrons. The maximum atomic E-state index is 12.2. The summed E-state index contributed by atoms with van der Waals surface area (Å²) >= 11 is 5.92. The fourth-order valence-electron chi connectivity index (χ4n) is 1.92. The maximum Gasteiger partial charge on any atom is 0.256 e. The van der Waals surface area contributed by atoms with Crippen LogP contribution in [0.3, 0.4) is 0 Å². The number of hydrogen-bond donors (Lipinski definition) is 1. The largest absolute Gasteiger partial charge is 0.342 e.